The van der Waals surface area contributed by atoms with Gasteiger partial charge in [0.05, 0.1) is 25.3 Å². The fourth-order valence-corrected chi connectivity index (χ4v) is 5.73. The first-order chi connectivity index (χ1) is 15.1. The minimum atomic E-state index is -5.75. The number of methoxy groups -OCH3 is 1. The summed E-state index contributed by atoms with van der Waals surface area (Å²) in [5.74, 6) is 0. The summed E-state index contributed by atoms with van der Waals surface area (Å²) in [6, 6.07) is 0. The monoisotopic (exact) mass is 542 g/mol. The van der Waals surface area contributed by atoms with Crippen molar-refractivity contribution in [2.45, 2.75) is 31.0 Å². The number of aliphatic hydroxyl groups is 2. The highest BCUT2D eigenvalue weighted by molar-refractivity contribution is 7.66. The van der Waals surface area contributed by atoms with Crippen molar-refractivity contribution in [2.24, 2.45) is 0 Å². The van der Waals surface area contributed by atoms with Crippen molar-refractivity contribution < 1.29 is 66.1 Å². The molecule has 18 nitrogen and oxygen atoms in total. The van der Waals surface area contributed by atoms with Crippen LogP contribution in [0.2, 0.25) is 0 Å². The van der Waals surface area contributed by atoms with Crippen LogP contribution in [-0.4, -0.2) is 78.0 Å². The lowest BCUT2D eigenvalue weighted by atomic mass is 10.0. The number of aliphatic hydroxyl groups excluding tert-OH is 2. The van der Waals surface area contributed by atoms with Crippen LogP contribution >= 0.6 is 23.5 Å². The normalized spacial score (nSPS) is 27.2. The van der Waals surface area contributed by atoms with Crippen LogP contribution in [-0.2, 0) is 42.9 Å². The van der Waals surface area contributed by atoms with Gasteiger partial charge >= 0.3 is 29.2 Å². The zero-order chi connectivity index (χ0) is 25.2. The number of ether oxygens (including phenoxy) is 2. The maximum Gasteiger partial charge on any atom is 0.490 e. The predicted octanol–water partition coefficient (Wildman–Crippen LogP) is -2.31. The molecule has 0 aliphatic carbocycles. The van der Waals surface area contributed by atoms with E-state index < -0.39 is 65.7 Å². The van der Waals surface area contributed by atoms with Crippen molar-refractivity contribution in [1.29, 1.82) is 0 Å². The summed E-state index contributed by atoms with van der Waals surface area (Å²) < 4.78 is 56.3. The van der Waals surface area contributed by atoms with Crippen LogP contribution in [0, 0.1) is 0 Å². The summed E-state index contributed by atoms with van der Waals surface area (Å²) >= 11 is 0. The first-order valence-corrected chi connectivity index (χ1v) is 13.2. The molecule has 1 aliphatic heterocycles. The highest BCUT2D eigenvalue weighted by Crippen LogP contribution is 2.66. The third-order valence-electron chi connectivity index (χ3n) is 4.06. The van der Waals surface area contributed by atoms with Gasteiger partial charge in [-0.3, -0.25) is 18.9 Å². The van der Waals surface area contributed by atoms with Gasteiger partial charge in [-0.05, 0) is 0 Å². The molecule has 1 fully saturated rings. The number of rotatable bonds is 11. The first kappa shape index (κ1) is 28.2. The Morgan fingerprint density at radius 2 is 1.70 bits per heavy atom. The summed E-state index contributed by atoms with van der Waals surface area (Å²) in [7, 11) is -15.5. The Morgan fingerprint density at radius 1 is 1.06 bits per heavy atom. The van der Waals surface area contributed by atoms with Crippen molar-refractivity contribution in [3.63, 3.8) is 0 Å². The van der Waals surface area contributed by atoms with E-state index in [2.05, 4.69) is 13.1 Å². The van der Waals surface area contributed by atoms with E-state index >= 15 is 0 Å². The molecular formula is C12H21N2O16P3. The number of aromatic nitrogens is 2. The van der Waals surface area contributed by atoms with Gasteiger partial charge in [0.2, 0.25) is 0 Å². The van der Waals surface area contributed by atoms with E-state index in [4.69, 9.17) is 24.2 Å². The lowest BCUT2D eigenvalue weighted by Crippen LogP contribution is -2.36. The molecular weight excluding hydrogens is 521 g/mol. The van der Waals surface area contributed by atoms with Crippen molar-refractivity contribution in [3.8, 4) is 0 Å². The Morgan fingerprint density at radius 3 is 2.27 bits per heavy atom. The smallest absolute Gasteiger partial charge is 0.387 e. The summed E-state index contributed by atoms with van der Waals surface area (Å²) in [4.78, 5) is 61.6. The van der Waals surface area contributed by atoms with Gasteiger partial charge in [0.15, 0.2) is 0 Å². The summed E-state index contributed by atoms with van der Waals surface area (Å²) in [5, 5.41) is 20.4. The van der Waals surface area contributed by atoms with Crippen LogP contribution in [0.5, 0.6) is 0 Å². The Kier molecular flexibility index (Phi) is 9.12. The van der Waals surface area contributed by atoms with Crippen LogP contribution in [0.25, 0.3) is 0 Å². The topological polar surface area (TPSA) is 274 Å². The Labute approximate surface area is 183 Å². The molecule has 33 heavy (non-hydrogen) atoms. The second-order valence-corrected chi connectivity index (χ2v) is 10.9. The van der Waals surface area contributed by atoms with E-state index in [1.165, 1.54) is 7.11 Å². The zero-order valence-electron chi connectivity index (χ0n) is 16.6. The molecule has 0 saturated carbocycles. The van der Waals surface area contributed by atoms with E-state index in [1.54, 1.807) is 0 Å². The molecule has 1 aromatic heterocycles. The second kappa shape index (κ2) is 10.7. The van der Waals surface area contributed by atoms with Gasteiger partial charge in [0.1, 0.15) is 24.4 Å². The van der Waals surface area contributed by atoms with Crippen LogP contribution in [0.15, 0.2) is 15.8 Å². The predicted molar refractivity (Wildman–Crippen MR) is 103 cm³/mol. The molecule has 0 aromatic carbocycles. The molecule has 190 valence electrons. The molecule has 7 N–H and O–H groups in total. The third kappa shape index (κ3) is 7.99. The summed E-state index contributed by atoms with van der Waals surface area (Å²) in [6.45, 7) is -0.926. The number of nitrogens with zero attached hydrogens (tertiary/aromatic N) is 1. The summed E-state index contributed by atoms with van der Waals surface area (Å²) in [6.07, 6.45) is -5.62. The fraction of sp³-hybridized carbons (Fsp3) is 0.667. The summed E-state index contributed by atoms with van der Waals surface area (Å²) in [5.41, 5.74) is -2.01. The quantitative estimate of drug-likeness (QED) is 0.145. The first-order valence-electron chi connectivity index (χ1n) is 8.68. The minimum absolute atomic E-state index is 0.0277. The van der Waals surface area contributed by atoms with Crippen LogP contribution in [0.3, 0.4) is 0 Å². The number of hydrogen-bond donors (Lipinski definition) is 7. The van der Waals surface area contributed by atoms with E-state index in [9.17, 15) is 38.4 Å². The van der Waals surface area contributed by atoms with E-state index in [0.29, 0.717) is 0 Å². The number of H-pyrrole nitrogens is 1. The molecule has 0 amide bonds. The zero-order valence-corrected chi connectivity index (χ0v) is 19.2. The van der Waals surface area contributed by atoms with Crippen molar-refractivity contribution in [3.05, 3.63) is 32.6 Å². The molecule has 1 aliphatic rings. The molecule has 1 saturated heterocycles. The minimum Gasteiger partial charge on any atom is -0.387 e. The van der Waals surface area contributed by atoms with Gasteiger partial charge in [-0.15, -0.1) is 0 Å². The largest absolute Gasteiger partial charge is 0.490 e. The maximum atomic E-state index is 12.2. The lowest BCUT2D eigenvalue weighted by Gasteiger charge is -2.19. The molecule has 0 spiro atoms. The number of hydrogen-bond acceptors (Lipinski definition) is 12. The van der Waals surface area contributed by atoms with Gasteiger partial charge in [0.25, 0.3) is 5.56 Å². The molecule has 2 unspecified atom stereocenters. The van der Waals surface area contributed by atoms with E-state index in [0.717, 1.165) is 10.8 Å². The average Bonchev–Trinajstić information content (AvgIpc) is 2.91. The van der Waals surface area contributed by atoms with Crippen molar-refractivity contribution in [1.82, 2.24) is 9.55 Å². The number of phosphoric acid groups is 3. The average molecular weight is 542 g/mol. The van der Waals surface area contributed by atoms with Gasteiger partial charge in [-0.2, -0.15) is 8.62 Å². The second-order valence-electron chi connectivity index (χ2n) is 6.49. The number of aromatic amines is 1. The molecule has 6 atom stereocenters. The maximum absolute atomic E-state index is 12.2. The molecule has 0 radical (unpaired) electrons. The fourth-order valence-electron chi connectivity index (χ4n) is 2.70. The standard InChI is InChI=1S/C12H21N2O16P3/c1-26-3-2-14-4-6(11(17)13-12(14)18)10-9(16)8(15)7(28-10)5-27-32(22,23)30-33(24,25)29-31(19,20)21/h4,7-10,15-16H,2-3,5H2,1H3,(H,22,23)(H,24,25)(H,13,17,18)(H2,19,20,21)/t7-,8-,9-,10+/m1/s1. The Bertz CT molecular complexity index is 1090. The van der Waals surface area contributed by atoms with Gasteiger partial charge in [-0.1, -0.05) is 0 Å². The van der Waals surface area contributed by atoms with Gasteiger partial charge < -0.3 is 39.3 Å². The Balaban J connectivity index is 2.13. The third-order valence-corrected chi connectivity index (χ3v) is 7.86. The lowest BCUT2D eigenvalue weighted by molar-refractivity contribution is -0.0228. The van der Waals surface area contributed by atoms with Crippen molar-refractivity contribution >= 4 is 23.5 Å². The highest BCUT2D eigenvalue weighted by Gasteiger charge is 2.47. The SMILES string of the molecule is COCCn1cc([C@@H]2O[C@H](COP(=O)(O)OP(=O)(O)OP(=O)(O)O)[C@@H](O)[C@H]2O)c(=O)[nH]c1=O. The molecule has 21 heteroatoms. The van der Waals surface area contributed by atoms with Gasteiger partial charge in [0, 0.05) is 13.3 Å². The molecule has 0 bridgehead atoms. The van der Waals surface area contributed by atoms with Crippen molar-refractivity contribution in [2.75, 3.05) is 20.3 Å². The van der Waals surface area contributed by atoms with Crippen LogP contribution in [0.1, 0.15) is 11.7 Å². The van der Waals surface area contributed by atoms with E-state index in [-0.39, 0.29) is 18.7 Å². The molecule has 2 heterocycles. The number of phosphoric ester groups is 1. The number of nitrogens with one attached hydrogen (secondary N) is 1. The van der Waals surface area contributed by atoms with E-state index in [1.807, 2.05) is 4.98 Å². The van der Waals surface area contributed by atoms with Crippen LogP contribution < -0.4 is 11.2 Å². The Hall–Kier alpha value is -1.07. The van der Waals surface area contributed by atoms with Crippen LogP contribution in [0.4, 0.5) is 0 Å². The molecule has 1 aromatic rings. The molecule has 2 rings (SSSR count). The highest BCUT2D eigenvalue weighted by atomic mass is 31.3. The van der Waals surface area contributed by atoms with Gasteiger partial charge in [-0.25, -0.2) is 18.5 Å².